The second kappa shape index (κ2) is 6.72. The highest BCUT2D eigenvalue weighted by atomic mass is 19.1. The van der Waals surface area contributed by atoms with Gasteiger partial charge in [-0.1, -0.05) is 6.92 Å². The van der Waals surface area contributed by atoms with Crippen molar-refractivity contribution < 1.29 is 24.1 Å². The average molecular weight is 358 g/mol. The van der Waals surface area contributed by atoms with Crippen LogP contribution in [0.1, 0.15) is 46.3 Å². The van der Waals surface area contributed by atoms with E-state index in [1.54, 1.807) is 6.92 Å². The molecule has 5 atom stereocenters. The number of aromatic nitrogens is 2. The van der Waals surface area contributed by atoms with Crippen molar-refractivity contribution in [3.05, 3.63) is 33.1 Å². The zero-order chi connectivity index (χ0) is 19.0. The van der Waals surface area contributed by atoms with Gasteiger partial charge >= 0.3 is 11.7 Å². The third-order valence-corrected chi connectivity index (χ3v) is 5.00. The molecule has 2 heterocycles. The monoisotopic (exact) mass is 358 g/mol. The maximum Gasteiger partial charge on any atom is 0.330 e. The van der Waals surface area contributed by atoms with Gasteiger partial charge in [-0.3, -0.25) is 19.1 Å². The van der Waals surface area contributed by atoms with Crippen molar-refractivity contribution >= 4 is 5.97 Å². The molecule has 1 aromatic heterocycles. The Kier molecular flexibility index (Phi) is 5.19. The van der Waals surface area contributed by atoms with Crippen LogP contribution in [-0.2, 0) is 9.53 Å². The molecular formula is C16H23FN2O6. The molecule has 1 aliphatic rings. The molecule has 0 radical (unpaired) electrons. The van der Waals surface area contributed by atoms with Crippen molar-refractivity contribution in [3.8, 4) is 0 Å². The smallest absolute Gasteiger partial charge is 0.330 e. The lowest BCUT2D eigenvalue weighted by molar-refractivity contribution is -0.141. The Bertz CT molecular complexity index is 753. The summed E-state index contributed by atoms with van der Waals surface area (Å²) in [7, 11) is 0. The number of carboxylic acid groups (broad SMARTS) is 1. The number of carbonyl (C=O) groups is 1. The summed E-state index contributed by atoms with van der Waals surface area (Å²) in [6, 6.07) is 1.07. The molecule has 0 saturated carbocycles. The van der Waals surface area contributed by atoms with Crippen LogP contribution in [0.4, 0.5) is 4.39 Å². The van der Waals surface area contributed by atoms with E-state index in [0.29, 0.717) is 12.8 Å². The average Bonchev–Trinajstić information content (AvgIpc) is 2.67. The predicted octanol–water partition coefficient (Wildman–Crippen LogP) is 0.804. The number of hydrogen-bond donors (Lipinski definition) is 3. The van der Waals surface area contributed by atoms with Gasteiger partial charge in [0.2, 0.25) is 0 Å². The van der Waals surface area contributed by atoms with Crippen LogP contribution in [0.5, 0.6) is 0 Å². The highest BCUT2D eigenvalue weighted by molar-refractivity contribution is 5.69. The van der Waals surface area contributed by atoms with E-state index >= 15 is 4.39 Å². The summed E-state index contributed by atoms with van der Waals surface area (Å²) in [5, 5.41) is 19.5. The van der Waals surface area contributed by atoms with Crippen molar-refractivity contribution in [1.29, 1.82) is 0 Å². The number of H-pyrrole nitrogens is 1. The molecule has 1 unspecified atom stereocenters. The highest BCUT2D eigenvalue weighted by Gasteiger charge is 2.62. The van der Waals surface area contributed by atoms with Gasteiger partial charge in [0, 0.05) is 12.3 Å². The fraction of sp³-hybridized carbons (Fsp3) is 0.688. The minimum Gasteiger partial charge on any atom is -0.481 e. The van der Waals surface area contributed by atoms with E-state index in [-0.39, 0.29) is 6.42 Å². The molecule has 0 aromatic carbocycles. The fourth-order valence-electron chi connectivity index (χ4n) is 3.00. The SMILES string of the molecule is CC(CCC[C@H]1O[C@@H](n2ccc(=O)[nH]c2=O)[C@](C)(F)[C@]1(C)O)C(=O)O. The van der Waals surface area contributed by atoms with Crippen molar-refractivity contribution in [2.75, 3.05) is 0 Å². The lowest BCUT2D eigenvalue weighted by Gasteiger charge is -2.33. The van der Waals surface area contributed by atoms with Crippen LogP contribution in [0.25, 0.3) is 0 Å². The number of aliphatic hydroxyl groups is 1. The van der Waals surface area contributed by atoms with Crippen molar-refractivity contribution in [1.82, 2.24) is 9.55 Å². The summed E-state index contributed by atoms with van der Waals surface area (Å²) in [5.41, 5.74) is -5.64. The number of halogens is 1. The van der Waals surface area contributed by atoms with Gasteiger partial charge in [0.25, 0.3) is 5.56 Å². The molecule has 8 nitrogen and oxygen atoms in total. The second-order valence-corrected chi connectivity index (χ2v) is 6.89. The molecule has 3 N–H and O–H groups in total. The first-order valence-corrected chi connectivity index (χ1v) is 8.09. The Hall–Kier alpha value is -2.00. The minimum absolute atomic E-state index is 0.235. The minimum atomic E-state index is -2.29. The van der Waals surface area contributed by atoms with Gasteiger partial charge in [0.15, 0.2) is 11.9 Å². The zero-order valence-electron chi connectivity index (χ0n) is 14.4. The summed E-state index contributed by atoms with van der Waals surface area (Å²) in [4.78, 5) is 36.0. The van der Waals surface area contributed by atoms with E-state index in [2.05, 4.69) is 0 Å². The molecule has 0 aliphatic carbocycles. The third kappa shape index (κ3) is 3.52. The van der Waals surface area contributed by atoms with E-state index in [1.807, 2.05) is 4.98 Å². The highest BCUT2D eigenvalue weighted by Crippen LogP contribution is 2.48. The van der Waals surface area contributed by atoms with Crippen molar-refractivity contribution in [2.45, 2.75) is 63.6 Å². The lowest BCUT2D eigenvalue weighted by Crippen LogP contribution is -2.52. The van der Waals surface area contributed by atoms with Crippen LogP contribution >= 0.6 is 0 Å². The molecule has 140 valence electrons. The number of nitrogens with zero attached hydrogens (tertiary/aromatic N) is 1. The van der Waals surface area contributed by atoms with Gasteiger partial charge in [-0.25, -0.2) is 9.18 Å². The topological polar surface area (TPSA) is 122 Å². The normalized spacial score (nSPS) is 33.3. The molecule has 1 aliphatic heterocycles. The number of alkyl halides is 1. The van der Waals surface area contributed by atoms with Gasteiger partial charge in [-0.05, 0) is 33.1 Å². The zero-order valence-corrected chi connectivity index (χ0v) is 14.4. The number of aromatic amines is 1. The van der Waals surface area contributed by atoms with E-state index in [1.165, 1.54) is 6.92 Å². The van der Waals surface area contributed by atoms with Crippen molar-refractivity contribution in [3.63, 3.8) is 0 Å². The van der Waals surface area contributed by atoms with Gasteiger partial charge in [-0.2, -0.15) is 0 Å². The number of hydrogen-bond acceptors (Lipinski definition) is 5. The largest absolute Gasteiger partial charge is 0.481 e. The Morgan fingerprint density at radius 2 is 2.12 bits per heavy atom. The fourth-order valence-corrected chi connectivity index (χ4v) is 3.00. The molecule has 1 fully saturated rings. The van der Waals surface area contributed by atoms with Gasteiger partial charge in [-0.15, -0.1) is 0 Å². The number of carboxylic acids is 1. The first kappa shape index (κ1) is 19.3. The molecule has 0 spiro atoms. The molecule has 1 aromatic rings. The Balaban J connectivity index is 2.20. The quantitative estimate of drug-likeness (QED) is 0.692. The van der Waals surface area contributed by atoms with Crippen LogP contribution in [0.2, 0.25) is 0 Å². The van der Waals surface area contributed by atoms with E-state index in [9.17, 15) is 19.5 Å². The molecule has 25 heavy (non-hydrogen) atoms. The van der Waals surface area contributed by atoms with Crippen LogP contribution in [-0.4, -0.2) is 43.1 Å². The summed E-state index contributed by atoms with van der Waals surface area (Å²) in [6.45, 7) is 3.99. The molecular weight excluding hydrogens is 335 g/mol. The molecule has 1 saturated heterocycles. The second-order valence-electron chi connectivity index (χ2n) is 6.89. The lowest BCUT2D eigenvalue weighted by atomic mass is 9.82. The Labute approximate surface area is 143 Å². The number of aliphatic carboxylic acids is 1. The molecule has 0 bridgehead atoms. The summed E-state index contributed by atoms with van der Waals surface area (Å²) >= 11 is 0. The summed E-state index contributed by atoms with van der Waals surface area (Å²) in [5.74, 6) is -1.48. The van der Waals surface area contributed by atoms with E-state index < -0.39 is 46.7 Å². The van der Waals surface area contributed by atoms with Gasteiger partial charge in [0.05, 0.1) is 12.0 Å². The van der Waals surface area contributed by atoms with Gasteiger partial charge < -0.3 is 14.9 Å². The molecule has 9 heteroatoms. The number of rotatable bonds is 6. The Morgan fingerprint density at radius 3 is 2.68 bits per heavy atom. The standard InChI is InChI=1S/C16H23FN2O6/c1-9(12(21)22)5-4-6-10-16(3,24)15(2,17)13(25-10)19-8-7-11(20)18-14(19)23/h7-10,13,24H,4-6H2,1-3H3,(H,21,22)(H,18,20,23)/t9?,10-,13-,15+,16-/m1/s1. The Morgan fingerprint density at radius 1 is 1.48 bits per heavy atom. The van der Waals surface area contributed by atoms with Crippen LogP contribution in [0.3, 0.4) is 0 Å². The van der Waals surface area contributed by atoms with Crippen molar-refractivity contribution in [2.24, 2.45) is 5.92 Å². The number of ether oxygens (including phenoxy) is 1. The first-order chi connectivity index (χ1) is 11.5. The number of nitrogens with one attached hydrogen (secondary N) is 1. The van der Waals surface area contributed by atoms with E-state index in [4.69, 9.17) is 9.84 Å². The molecule has 0 amide bonds. The maximum absolute atomic E-state index is 15.3. The summed E-state index contributed by atoms with van der Waals surface area (Å²) < 4.78 is 21.8. The summed E-state index contributed by atoms with van der Waals surface area (Å²) in [6.07, 6.45) is -0.205. The first-order valence-electron chi connectivity index (χ1n) is 8.09. The van der Waals surface area contributed by atoms with Crippen LogP contribution < -0.4 is 11.2 Å². The maximum atomic E-state index is 15.3. The van der Waals surface area contributed by atoms with Gasteiger partial charge in [0.1, 0.15) is 5.60 Å². The molecule has 2 rings (SSSR count). The predicted molar refractivity (Wildman–Crippen MR) is 86.0 cm³/mol. The van der Waals surface area contributed by atoms with Crippen LogP contribution in [0.15, 0.2) is 21.9 Å². The van der Waals surface area contributed by atoms with Crippen LogP contribution in [0, 0.1) is 5.92 Å². The van der Waals surface area contributed by atoms with E-state index in [0.717, 1.165) is 23.8 Å². The third-order valence-electron chi connectivity index (χ3n) is 5.00.